The van der Waals surface area contributed by atoms with Crippen LogP contribution in [0.2, 0.25) is 5.02 Å². The smallest absolute Gasteiger partial charge is 0.124 e. The molecule has 0 fully saturated rings. The lowest BCUT2D eigenvalue weighted by atomic mass is 9.94. The number of rotatable bonds is 4. The van der Waals surface area contributed by atoms with Crippen LogP contribution < -0.4 is 5.32 Å². The topological polar surface area (TPSA) is 35.8 Å². The summed E-state index contributed by atoms with van der Waals surface area (Å²) in [6.45, 7) is 4.01. The van der Waals surface area contributed by atoms with E-state index in [1.54, 1.807) is 6.07 Å². The molecular weight excluding hydrogens is 288 g/mol. The molecule has 0 radical (unpaired) electrons. The first-order valence-electron chi connectivity index (χ1n) is 5.21. The van der Waals surface area contributed by atoms with E-state index in [-0.39, 0.29) is 0 Å². The van der Waals surface area contributed by atoms with Gasteiger partial charge < -0.3 is 5.32 Å². The second kappa shape index (κ2) is 5.56. The molecule has 0 aliphatic heterocycles. The highest BCUT2D eigenvalue weighted by atomic mass is 79.9. The number of hydrogen-bond donors (Lipinski definition) is 1. The van der Waals surface area contributed by atoms with Crippen molar-refractivity contribution in [1.29, 1.82) is 5.26 Å². The maximum atomic E-state index is 9.21. The Morgan fingerprint density at radius 2 is 2.06 bits per heavy atom. The van der Waals surface area contributed by atoms with Crippen LogP contribution in [0.3, 0.4) is 0 Å². The molecule has 0 unspecified atom stereocenters. The van der Waals surface area contributed by atoms with Crippen molar-refractivity contribution in [2.24, 2.45) is 0 Å². The van der Waals surface area contributed by atoms with Crippen LogP contribution in [0, 0.1) is 11.3 Å². The molecule has 0 spiro atoms. The summed E-state index contributed by atoms with van der Waals surface area (Å²) in [5.41, 5.74) is 0.411. The van der Waals surface area contributed by atoms with E-state index in [1.807, 2.05) is 26.0 Å². The Kier molecular flexibility index (Phi) is 4.64. The first kappa shape index (κ1) is 13.3. The van der Waals surface area contributed by atoms with Gasteiger partial charge in [0.15, 0.2) is 0 Å². The average molecular weight is 302 g/mol. The maximum Gasteiger partial charge on any atom is 0.124 e. The molecule has 2 nitrogen and oxygen atoms in total. The Hall–Kier alpha value is -0.720. The fourth-order valence-electron chi connectivity index (χ4n) is 1.46. The quantitative estimate of drug-likeness (QED) is 0.882. The molecule has 1 aromatic carbocycles. The van der Waals surface area contributed by atoms with E-state index in [0.29, 0.717) is 5.02 Å². The molecule has 0 heterocycles. The normalized spacial score (nSPS) is 10.9. The predicted octanol–water partition coefficient (Wildman–Crippen LogP) is 4.60. The van der Waals surface area contributed by atoms with Crippen molar-refractivity contribution >= 4 is 33.2 Å². The molecular formula is C12H14BrClN2. The zero-order valence-electron chi connectivity index (χ0n) is 9.35. The van der Waals surface area contributed by atoms with E-state index in [2.05, 4.69) is 27.3 Å². The van der Waals surface area contributed by atoms with E-state index >= 15 is 0 Å². The van der Waals surface area contributed by atoms with Crippen molar-refractivity contribution in [3.63, 3.8) is 0 Å². The van der Waals surface area contributed by atoms with Gasteiger partial charge in [-0.2, -0.15) is 5.26 Å². The van der Waals surface area contributed by atoms with E-state index in [0.717, 1.165) is 23.0 Å². The Balaban J connectivity index is 2.95. The summed E-state index contributed by atoms with van der Waals surface area (Å²) in [6, 6.07) is 7.91. The van der Waals surface area contributed by atoms with Crippen molar-refractivity contribution in [2.45, 2.75) is 32.2 Å². The lowest BCUT2D eigenvalue weighted by Gasteiger charge is -2.26. The predicted molar refractivity (Wildman–Crippen MR) is 71.7 cm³/mol. The van der Waals surface area contributed by atoms with Crippen molar-refractivity contribution in [3.8, 4) is 6.07 Å². The molecule has 0 saturated heterocycles. The van der Waals surface area contributed by atoms with Gasteiger partial charge in [0.1, 0.15) is 5.54 Å². The molecule has 86 valence electrons. The first-order valence-corrected chi connectivity index (χ1v) is 6.38. The molecule has 1 aromatic rings. The summed E-state index contributed by atoms with van der Waals surface area (Å²) in [6.07, 6.45) is 1.53. The largest absolute Gasteiger partial charge is 0.367 e. The monoisotopic (exact) mass is 300 g/mol. The molecule has 0 atom stereocenters. The van der Waals surface area contributed by atoms with Crippen LogP contribution in [-0.4, -0.2) is 5.54 Å². The summed E-state index contributed by atoms with van der Waals surface area (Å²) in [5, 5.41) is 13.1. The van der Waals surface area contributed by atoms with Gasteiger partial charge in [0, 0.05) is 10.2 Å². The summed E-state index contributed by atoms with van der Waals surface area (Å²) in [4.78, 5) is 0. The van der Waals surface area contributed by atoms with Crippen LogP contribution in [0.15, 0.2) is 22.7 Å². The number of anilines is 1. The highest BCUT2D eigenvalue weighted by Crippen LogP contribution is 2.28. The van der Waals surface area contributed by atoms with Crippen molar-refractivity contribution in [3.05, 3.63) is 27.7 Å². The van der Waals surface area contributed by atoms with Crippen LogP contribution in [0.4, 0.5) is 5.69 Å². The minimum atomic E-state index is -0.493. The van der Waals surface area contributed by atoms with E-state index in [1.165, 1.54) is 0 Å². The van der Waals surface area contributed by atoms with Gasteiger partial charge in [-0.1, -0.05) is 25.4 Å². The van der Waals surface area contributed by atoms with Gasteiger partial charge in [-0.05, 0) is 47.0 Å². The van der Waals surface area contributed by atoms with Crippen molar-refractivity contribution in [1.82, 2.24) is 0 Å². The van der Waals surface area contributed by atoms with E-state index in [9.17, 15) is 5.26 Å². The molecule has 0 aliphatic rings. The van der Waals surface area contributed by atoms with E-state index in [4.69, 9.17) is 11.6 Å². The van der Waals surface area contributed by atoms with Crippen molar-refractivity contribution < 1.29 is 0 Å². The standard InChI is InChI=1S/C12H14BrClN2/c1-3-12(4-2,8-15)16-9-5-6-11(14)10(13)7-9/h5-7,16H,3-4H2,1-2H3. The fraction of sp³-hybridized carbons (Fsp3) is 0.417. The zero-order chi connectivity index (χ0) is 12.2. The molecule has 4 heteroatoms. The summed E-state index contributed by atoms with van der Waals surface area (Å²) < 4.78 is 0.832. The lowest BCUT2D eigenvalue weighted by molar-refractivity contribution is 0.548. The number of nitriles is 1. The Morgan fingerprint density at radius 3 is 2.50 bits per heavy atom. The second-order valence-electron chi connectivity index (χ2n) is 3.65. The van der Waals surface area contributed by atoms with E-state index < -0.39 is 5.54 Å². The van der Waals surface area contributed by atoms with Gasteiger partial charge in [-0.3, -0.25) is 0 Å². The first-order chi connectivity index (χ1) is 7.56. The van der Waals surface area contributed by atoms with Crippen LogP contribution in [0.1, 0.15) is 26.7 Å². The number of halogens is 2. The third-order valence-corrected chi connectivity index (χ3v) is 3.94. The van der Waals surface area contributed by atoms with Gasteiger partial charge in [0.2, 0.25) is 0 Å². The molecule has 1 N–H and O–H groups in total. The third kappa shape index (κ3) is 2.90. The number of benzene rings is 1. The highest BCUT2D eigenvalue weighted by molar-refractivity contribution is 9.10. The Labute approximate surface area is 110 Å². The fourth-order valence-corrected chi connectivity index (χ4v) is 1.96. The van der Waals surface area contributed by atoms with Crippen LogP contribution in [-0.2, 0) is 0 Å². The minimum Gasteiger partial charge on any atom is -0.367 e. The van der Waals surface area contributed by atoms with Gasteiger partial charge in [0.25, 0.3) is 0 Å². The summed E-state index contributed by atoms with van der Waals surface area (Å²) >= 11 is 9.28. The van der Waals surface area contributed by atoms with Gasteiger partial charge in [0.05, 0.1) is 11.1 Å². The second-order valence-corrected chi connectivity index (χ2v) is 4.92. The molecule has 0 saturated carbocycles. The number of nitrogens with one attached hydrogen (secondary N) is 1. The van der Waals surface area contributed by atoms with Gasteiger partial charge >= 0.3 is 0 Å². The van der Waals surface area contributed by atoms with Crippen LogP contribution in [0.25, 0.3) is 0 Å². The lowest BCUT2D eigenvalue weighted by Crippen LogP contribution is -2.34. The Bertz CT molecular complexity index is 408. The molecule has 16 heavy (non-hydrogen) atoms. The van der Waals surface area contributed by atoms with Crippen LogP contribution in [0.5, 0.6) is 0 Å². The molecule has 0 amide bonds. The molecule has 0 bridgehead atoms. The minimum absolute atomic E-state index is 0.493. The molecule has 0 aliphatic carbocycles. The maximum absolute atomic E-state index is 9.21. The molecule has 0 aromatic heterocycles. The SMILES string of the molecule is CCC(C#N)(CC)Nc1ccc(Cl)c(Br)c1. The summed E-state index contributed by atoms with van der Waals surface area (Å²) in [5.74, 6) is 0. The molecule has 1 rings (SSSR count). The number of hydrogen-bond acceptors (Lipinski definition) is 2. The summed E-state index contributed by atoms with van der Waals surface area (Å²) in [7, 11) is 0. The number of nitrogens with zero attached hydrogens (tertiary/aromatic N) is 1. The third-order valence-electron chi connectivity index (χ3n) is 2.72. The highest BCUT2D eigenvalue weighted by Gasteiger charge is 2.25. The van der Waals surface area contributed by atoms with Crippen LogP contribution >= 0.6 is 27.5 Å². The Morgan fingerprint density at radius 1 is 1.44 bits per heavy atom. The van der Waals surface area contributed by atoms with Gasteiger partial charge in [-0.15, -0.1) is 0 Å². The zero-order valence-corrected chi connectivity index (χ0v) is 11.7. The van der Waals surface area contributed by atoms with Gasteiger partial charge in [-0.25, -0.2) is 0 Å². The average Bonchev–Trinajstić information content (AvgIpc) is 2.31. The van der Waals surface area contributed by atoms with Crippen molar-refractivity contribution in [2.75, 3.05) is 5.32 Å².